The van der Waals surface area contributed by atoms with E-state index in [1.807, 2.05) is 4.90 Å². The zero-order chi connectivity index (χ0) is 11.6. The fourth-order valence-electron chi connectivity index (χ4n) is 3.47. The molecule has 3 N–H and O–H groups in total. The Hall–Kier alpha value is -0.770. The number of ether oxygens (including phenoxy) is 1. The Balaban J connectivity index is 2.10. The molecule has 0 radical (unpaired) electrons. The summed E-state index contributed by atoms with van der Waals surface area (Å²) in [5.41, 5.74) is 5.99. The number of rotatable bonds is 2. The van der Waals surface area contributed by atoms with Crippen molar-refractivity contribution in [2.45, 2.75) is 32.1 Å². The molecule has 1 atom stereocenters. The molecule has 16 heavy (non-hydrogen) atoms. The van der Waals surface area contributed by atoms with Gasteiger partial charge in [0.1, 0.15) is 0 Å². The molecule has 0 aromatic rings. The van der Waals surface area contributed by atoms with Crippen LogP contribution < -0.4 is 5.73 Å². The van der Waals surface area contributed by atoms with Crippen molar-refractivity contribution in [3.63, 3.8) is 0 Å². The molecule has 1 saturated heterocycles. The Morgan fingerprint density at radius 3 is 2.69 bits per heavy atom. The zero-order valence-corrected chi connectivity index (χ0v) is 10.2. The van der Waals surface area contributed by atoms with Crippen LogP contribution in [0.2, 0.25) is 0 Å². The molecule has 4 nitrogen and oxygen atoms in total. The molecule has 0 aromatic carbocycles. The first-order valence-electron chi connectivity index (χ1n) is 6.26. The van der Waals surface area contributed by atoms with E-state index in [-0.39, 0.29) is 5.96 Å². The molecule has 1 aliphatic heterocycles. The van der Waals surface area contributed by atoms with Gasteiger partial charge in [-0.15, -0.1) is 0 Å². The SMILES string of the molecule is COCC1CN(C(=N)N)CC12CCCCC2. The minimum atomic E-state index is 0.226. The smallest absolute Gasteiger partial charge is 0.188 e. The molecule has 2 aliphatic rings. The highest BCUT2D eigenvalue weighted by Crippen LogP contribution is 2.47. The second-order valence-corrected chi connectivity index (χ2v) is 5.34. The van der Waals surface area contributed by atoms with Gasteiger partial charge in [-0.3, -0.25) is 5.41 Å². The molecule has 0 aromatic heterocycles. The Kier molecular flexibility index (Phi) is 3.38. The van der Waals surface area contributed by atoms with Crippen molar-refractivity contribution in [2.75, 3.05) is 26.8 Å². The van der Waals surface area contributed by atoms with Crippen molar-refractivity contribution in [1.82, 2.24) is 4.90 Å². The molecule has 1 saturated carbocycles. The highest BCUT2D eigenvalue weighted by Gasteiger charge is 2.47. The number of hydrogen-bond donors (Lipinski definition) is 2. The third-order valence-electron chi connectivity index (χ3n) is 4.37. The standard InChI is InChI=1S/C12H23N3O/c1-16-8-10-7-15(11(13)14)9-12(10)5-3-2-4-6-12/h10H,2-9H2,1H3,(H3,13,14). The summed E-state index contributed by atoms with van der Waals surface area (Å²) in [5, 5.41) is 7.58. The predicted octanol–water partition coefficient (Wildman–Crippen LogP) is 1.41. The topological polar surface area (TPSA) is 62.3 Å². The fourth-order valence-corrected chi connectivity index (χ4v) is 3.47. The van der Waals surface area contributed by atoms with Gasteiger partial charge < -0.3 is 15.4 Å². The van der Waals surface area contributed by atoms with Crippen LogP contribution in [0.4, 0.5) is 0 Å². The van der Waals surface area contributed by atoms with E-state index < -0.39 is 0 Å². The number of guanidine groups is 1. The van der Waals surface area contributed by atoms with Gasteiger partial charge in [0.25, 0.3) is 0 Å². The van der Waals surface area contributed by atoms with Crippen LogP contribution in [0.25, 0.3) is 0 Å². The predicted molar refractivity (Wildman–Crippen MR) is 64.4 cm³/mol. The van der Waals surface area contributed by atoms with Crippen LogP contribution in [0.5, 0.6) is 0 Å². The summed E-state index contributed by atoms with van der Waals surface area (Å²) < 4.78 is 5.34. The van der Waals surface area contributed by atoms with E-state index in [9.17, 15) is 0 Å². The molecule has 1 heterocycles. The largest absolute Gasteiger partial charge is 0.384 e. The number of methoxy groups -OCH3 is 1. The molecule has 2 fully saturated rings. The summed E-state index contributed by atoms with van der Waals surface area (Å²) in [6, 6.07) is 0. The zero-order valence-electron chi connectivity index (χ0n) is 10.2. The summed E-state index contributed by atoms with van der Waals surface area (Å²) >= 11 is 0. The van der Waals surface area contributed by atoms with Crippen molar-refractivity contribution in [3.8, 4) is 0 Å². The molecular weight excluding hydrogens is 202 g/mol. The average Bonchev–Trinajstić information content (AvgIpc) is 2.60. The lowest BCUT2D eigenvalue weighted by Crippen LogP contribution is -2.37. The Morgan fingerprint density at radius 1 is 1.44 bits per heavy atom. The Morgan fingerprint density at radius 2 is 2.12 bits per heavy atom. The van der Waals surface area contributed by atoms with Crippen molar-refractivity contribution < 1.29 is 4.74 Å². The van der Waals surface area contributed by atoms with Crippen LogP contribution in [0, 0.1) is 16.7 Å². The van der Waals surface area contributed by atoms with Gasteiger partial charge in [0, 0.05) is 26.1 Å². The van der Waals surface area contributed by atoms with Gasteiger partial charge in [-0.05, 0) is 18.3 Å². The molecule has 2 rings (SSSR count). The summed E-state index contributed by atoms with van der Waals surface area (Å²) in [7, 11) is 1.77. The van der Waals surface area contributed by atoms with Crippen LogP contribution in [0.1, 0.15) is 32.1 Å². The van der Waals surface area contributed by atoms with Crippen molar-refractivity contribution in [1.29, 1.82) is 5.41 Å². The first-order valence-corrected chi connectivity index (χ1v) is 6.26. The maximum absolute atomic E-state index is 7.58. The molecule has 0 amide bonds. The minimum Gasteiger partial charge on any atom is -0.384 e. The van der Waals surface area contributed by atoms with E-state index in [2.05, 4.69) is 0 Å². The number of likely N-dealkylation sites (tertiary alicyclic amines) is 1. The first-order chi connectivity index (χ1) is 7.68. The van der Waals surface area contributed by atoms with Crippen molar-refractivity contribution in [3.05, 3.63) is 0 Å². The third kappa shape index (κ3) is 2.03. The number of hydrogen-bond acceptors (Lipinski definition) is 2. The number of nitrogens with zero attached hydrogens (tertiary/aromatic N) is 1. The number of nitrogens with two attached hydrogens (primary N) is 1. The van der Waals surface area contributed by atoms with Gasteiger partial charge in [0.05, 0.1) is 6.61 Å². The molecular formula is C12H23N3O. The maximum Gasteiger partial charge on any atom is 0.188 e. The lowest BCUT2D eigenvalue weighted by atomic mass is 9.68. The summed E-state index contributed by atoms with van der Waals surface area (Å²) in [6.07, 6.45) is 6.58. The van der Waals surface area contributed by atoms with E-state index in [0.717, 1.165) is 19.7 Å². The third-order valence-corrected chi connectivity index (χ3v) is 4.37. The van der Waals surface area contributed by atoms with Gasteiger partial charge in [0.15, 0.2) is 5.96 Å². The monoisotopic (exact) mass is 225 g/mol. The highest BCUT2D eigenvalue weighted by molar-refractivity contribution is 5.75. The van der Waals surface area contributed by atoms with Gasteiger partial charge >= 0.3 is 0 Å². The van der Waals surface area contributed by atoms with Gasteiger partial charge in [-0.2, -0.15) is 0 Å². The average molecular weight is 225 g/mol. The number of nitrogens with one attached hydrogen (secondary N) is 1. The second kappa shape index (κ2) is 4.62. The minimum absolute atomic E-state index is 0.226. The normalized spacial score (nSPS) is 28.6. The van der Waals surface area contributed by atoms with Crippen molar-refractivity contribution >= 4 is 5.96 Å². The van der Waals surface area contributed by atoms with E-state index in [1.54, 1.807) is 7.11 Å². The first kappa shape index (κ1) is 11.7. The summed E-state index contributed by atoms with van der Waals surface area (Å²) in [4.78, 5) is 2.02. The van der Waals surface area contributed by atoms with Gasteiger partial charge in [-0.1, -0.05) is 19.3 Å². The quantitative estimate of drug-likeness (QED) is 0.551. The lowest BCUT2D eigenvalue weighted by molar-refractivity contribution is 0.0668. The van der Waals surface area contributed by atoms with Crippen LogP contribution >= 0.6 is 0 Å². The van der Waals surface area contributed by atoms with Crippen LogP contribution in [-0.2, 0) is 4.74 Å². The summed E-state index contributed by atoms with van der Waals surface area (Å²) in [6.45, 7) is 2.68. The molecule has 0 bridgehead atoms. The van der Waals surface area contributed by atoms with Crippen LogP contribution in [0.3, 0.4) is 0 Å². The van der Waals surface area contributed by atoms with E-state index in [0.29, 0.717) is 11.3 Å². The van der Waals surface area contributed by atoms with Crippen LogP contribution in [0.15, 0.2) is 0 Å². The molecule has 1 unspecified atom stereocenters. The molecule has 1 spiro atoms. The lowest BCUT2D eigenvalue weighted by Gasteiger charge is -2.37. The van der Waals surface area contributed by atoms with Gasteiger partial charge in [0.2, 0.25) is 0 Å². The van der Waals surface area contributed by atoms with Crippen LogP contribution in [-0.4, -0.2) is 37.7 Å². The molecule has 1 aliphatic carbocycles. The molecule has 4 heteroatoms. The second-order valence-electron chi connectivity index (χ2n) is 5.34. The maximum atomic E-state index is 7.58. The molecule has 92 valence electrons. The van der Waals surface area contributed by atoms with Crippen molar-refractivity contribution in [2.24, 2.45) is 17.1 Å². The van der Waals surface area contributed by atoms with Gasteiger partial charge in [-0.25, -0.2) is 0 Å². The highest BCUT2D eigenvalue weighted by atomic mass is 16.5. The van der Waals surface area contributed by atoms with E-state index >= 15 is 0 Å². The van der Waals surface area contributed by atoms with E-state index in [1.165, 1.54) is 32.1 Å². The van der Waals surface area contributed by atoms with E-state index in [4.69, 9.17) is 15.9 Å². The Bertz CT molecular complexity index is 261. The Labute approximate surface area is 97.6 Å². The fraction of sp³-hybridized carbons (Fsp3) is 0.917. The summed E-state index contributed by atoms with van der Waals surface area (Å²) in [5.74, 6) is 0.783.